The lowest BCUT2D eigenvalue weighted by molar-refractivity contribution is -0.151. The minimum Gasteiger partial charge on any atom is -0.481 e. The molecule has 5 nitrogen and oxygen atoms in total. The number of hydrogen-bond acceptors (Lipinski definition) is 4. The molecule has 0 fully saturated rings. The lowest BCUT2D eigenvalue weighted by Gasteiger charge is -2.12. The third kappa shape index (κ3) is 5.84. The number of benzene rings is 1. The molecule has 0 spiro atoms. The van der Waals surface area contributed by atoms with Crippen LogP contribution in [0, 0.1) is 0 Å². The zero-order valence-corrected chi connectivity index (χ0v) is 11.7. The van der Waals surface area contributed by atoms with Gasteiger partial charge in [-0.3, -0.25) is 14.4 Å². The molecular formula is C14H15ClO5. The summed E-state index contributed by atoms with van der Waals surface area (Å²) in [5, 5.41) is 8.98. The van der Waals surface area contributed by atoms with Gasteiger partial charge in [-0.2, -0.15) is 0 Å². The lowest BCUT2D eigenvalue weighted by Crippen LogP contribution is -2.19. The van der Waals surface area contributed by atoms with Crippen LogP contribution in [-0.4, -0.2) is 28.9 Å². The first-order valence-electron chi connectivity index (χ1n) is 6.08. The molecule has 0 saturated heterocycles. The highest BCUT2D eigenvalue weighted by atomic mass is 35.5. The fourth-order valence-electron chi connectivity index (χ4n) is 1.55. The van der Waals surface area contributed by atoms with Crippen LogP contribution in [0.15, 0.2) is 24.3 Å². The molecule has 0 aromatic heterocycles. The fraction of sp³-hybridized carbons (Fsp3) is 0.357. The minimum atomic E-state index is -1.06. The number of aliphatic carboxylic acids is 1. The lowest BCUT2D eigenvalue weighted by atomic mass is 10.1. The average molecular weight is 299 g/mol. The van der Waals surface area contributed by atoms with Crippen molar-refractivity contribution >= 4 is 29.3 Å². The maximum absolute atomic E-state index is 11.9. The number of ketones is 1. The summed E-state index contributed by atoms with van der Waals surface area (Å²) in [6.07, 6.45) is -1.04. The number of carbonyl (C=O) groups excluding carboxylic acids is 2. The van der Waals surface area contributed by atoms with E-state index in [2.05, 4.69) is 0 Å². The Balaban J connectivity index is 2.43. The molecule has 1 rings (SSSR count). The van der Waals surface area contributed by atoms with Crippen molar-refractivity contribution in [2.75, 3.05) is 0 Å². The molecule has 1 aromatic rings. The van der Waals surface area contributed by atoms with Crippen molar-refractivity contribution in [3.8, 4) is 0 Å². The maximum atomic E-state index is 11.9. The highest BCUT2D eigenvalue weighted by Gasteiger charge is 2.15. The van der Waals surface area contributed by atoms with Crippen molar-refractivity contribution in [2.45, 2.75) is 32.3 Å². The minimum absolute atomic E-state index is 0.0421. The van der Waals surface area contributed by atoms with E-state index in [0.29, 0.717) is 10.6 Å². The predicted molar refractivity (Wildman–Crippen MR) is 72.8 cm³/mol. The molecular weight excluding hydrogens is 284 g/mol. The van der Waals surface area contributed by atoms with Gasteiger partial charge in [-0.1, -0.05) is 11.6 Å². The standard InChI is InChI=1S/C14H15ClO5/c1-9(20-14(19)7-6-13(17)18)8-12(16)10-2-4-11(15)5-3-10/h2-5,9H,6-8H2,1H3,(H,17,18). The number of carboxylic acid groups (broad SMARTS) is 1. The highest BCUT2D eigenvalue weighted by molar-refractivity contribution is 6.30. The summed E-state index contributed by atoms with van der Waals surface area (Å²) in [7, 11) is 0. The summed E-state index contributed by atoms with van der Waals surface area (Å²) in [5.74, 6) is -1.85. The summed E-state index contributed by atoms with van der Waals surface area (Å²) in [4.78, 5) is 33.5. The zero-order chi connectivity index (χ0) is 15.1. The van der Waals surface area contributed by atoms with Gasteiger partial charge in [0.25, 0.3) is 0 Å². The van der Waals surface area contributed by atoms with Crippen LogP contribution in [0.1, 0.15) is 36.5 Å². The van der Waals surface area contributed by atoms with Crippen molar-refractivity contribution in [1.82, 2.24) is 0 Å². The van der Waals surface area contributed by atoms with Gasteiger partial charge in [0, 0.05) is 17.0 Å². The quantitative estimate of drug-likeness (QED) is 0.618. The molecule has 0 bridgehead atoms. The van der Waals surface area contributed by atoms with E-state index in [4.69, 9.17) is 21.4 Å². The Morgan fingerprint density at radius 1 is 1.20 bits per heavy atom. The molecule has 1 unspecified atom stereocenters. The van der Waals surface area contributed by atoms with Crippen LogP contribution in [0.2, 0.25) is 5.02 Å². The number of rotatable bonds is 7. The number of carbonyl (C=O) groups is 3. The molecule has 0 heterocycles. The van der Waals surface area contributed by atoms with Crippen molar-refractivity contribution in [2.24, 2.45) is 0 Å². The van der Waals surface area contributed by atoms with E-state index in [0.717, 1.165) is 0 Å². The molecule has 0 aliphatic carbocycles. The third-order valence-electron chi connectivity index (χ3n) is 2.51. The van der Waals surface area contributed by atoms with E-state index < -0.39 is 18.0 Å². The predicted octanol–water partition coefficient (Wildman–Crippen LogP) is 2.71. The largest absolute Gasteiger partial charge is 0.481 e. The van der Waals surface area contributed by atoms with Gasteiger partial charge in [-0.05, 0) is 31.2 Å². The number of hydrogen-bond donors (Lipinski definition) is 1. The fourth-order valence-corrected chi connectivity index (χ4v) is 1.67. The summed E-state index contributed by atoms with van der Waals surface area (Å²) >= 11 is 5.72. The summed E-state index contributed by atoms with van der Waals surface area (Å²) < 4.78 is 4.97. The molecule has 108 valence electrons. The molecule has 0 radical (unpaired) electrons. The van der Waals surface area contributed by atoms with Gasteiger partial charge < -0.3 is 9.84 Å². The molecule has 0 aliphatic heterocycles. The van der Waals surface area contributed by atoms with Crippen molar-refractivity contribution < 1.29 is 24.2 Å². The average Bonchev–Trinajstić information content (AvgIpc) is 2.36. The first kappa shape index (κ1) is 16.2. The summed E-state index contributed by atoms with van der Waals surface area (Å²) in [6, 6.07) is 6.42. The Labute approximate surface area is 121 Å². The number of carboxylic acids is 1. The molecule has 1 atom stereocenters. The first-order chi connectivity index (χ1) is 9.38. The topological polar surface area (TPSA) is 80.7 Å². The normalized spacial score (nSPS) is 11.7. The van der Waals surface area contributed by atoms with Crippen molar-refractivity contribution in [3.05, 3.63) is 34.9 Å². The number of esters is 1. The molecule has 0 saturated carbocycles. The Kier molecular flexibility index (Phi) is 6.18. The molecule has 0 amide bonds. The van der Waals surface area contributed by atoms with Gasteiger partial charge in [-0.15, -0.1) is 0 Å². The van der Waals surface area contributed by atoms with Gasteiger partial charge in [0.05, 0.1) is 12.8 Å². The number of ether oxygens (including phenoxy) is 1. The Morgan fingerprint density at radius 3 is 2.35 bits per heavy atom. The number of Topliss-reactive ketones (excluding diaryl/α,β-unsaturated/α-hetero) is 1. The van der Waals surface area contributed by atoms with E-state index >= 15 is 0 Å². The number of halogens is 1. The Morgan fingerprint density at radius 2 is 1.80 bits per heavy atom. The summed E-state index contributed by atoms with van der Waals surface area (Å²) in [6.45, 7) is 1.59. The SMILES string of the molecule is CC(CC(=O)c1ccc(Cl)cc1)OC(=O)CCC(=O)O. The van der Waals surface area contributed by atoms with Crippen LogP contribution in [0.3, 0.4) is 0 Å². The molecule has 1 aromatic carbocycles. The first-order valence-corrected chi connectivity index (χ1v) is 6.46. The van der Waals surface area contributed by atoms with E-state index in [1.807, 2.05) is 0 Å². The Hall–Kier alpha value is -1.88. The van der Waals surface area contributed by atoms with Crippen LogP contribution in [0.4, 0.5) is 0 Å². The molecule has 0 aliphatic rings. The van der Waals surface area contributed by atoms with Crippen LogP contribution in [0.5, 0.6) is 0 Å². The van der Waals surface area contributed by atoms with E-state index in [1.165, 1.54) is 0 Å². The van der Waals surface area contributed by atoms with Crippen molar-refractivity contribution in [3.63, 3.8) is 0 Å². The van der Waals surface area contributed by atoms with Crippen LogP contribution in [-0.2, 0) is 14.3 Å². The highest BCUT2D eigenvalue weighted by Crippen LogP contribution is 2.13. The van der Waals surface area contributed by atoms with Gasteiger partial charge in [0.15, 0.2) is 5.78 Å². The summed E-state index contributed by atoms with van der Waals surface area (Å²) in [5.41, 5.74) is 0.489. The second kappa shape index (κ2) is 7.65. The van der Waals surface area contributed by atoms with Crippen LogP contribution in [0.25, 0.3) is 0 Å². The van der Waals surface area contributed by atoms with Crippen molar-refractivity contribution in [1.29, 1.82) is 0 Å². The smallest absolute Gasteiger partial charge is 0.306 e. The second-order valence-corrected chi connectivity index (χ2v) is 4.76. The van der Waals surface area contributed by atoms with Gasteiger partial charge in [0.1, 0.15) is 6.10 Å². The van der Waals surface area contributed by atoms with Crippen LogP contribution >= 0.6 is 11.6 Å². The maximum Gasteiger partial charge on any atom is 0.306 e. The van der Waals surface area contributed by atoms with E-state index in [9.17, 15) is 14.4 Å². The Bertz CT molecular complexity index is 495. The van der Waals surface area contributed by atoms with E-state index in [1.54, 1.807) is 31.2 Å². The van der Waals surface area contributed by atoms with Gasteiger partial charge in [0.2, 0.25) is 0 Å². The molecule has 1 N–H and O–H groups in total. The van der Waals surface area contributed by atoms with Gasteiger partial charge >= 0.3 is 11.9 Å². The second-order valence-electron chi connectivity index (χ2n) is 4.33. The van der Waals surface area contributed by atoms with Crippen LogP contribution < -0.4 is 0 Å². The molecule has 20 heavy (non-hydrogen) atoms. The zero-order valence-electron chi connectivity index (χ0n) is 11.0. The molecule has 6 heteroatoms. The third-order valence-corrected chi connectivity index (χ3v) is 2.77. The monoisotopic (exact) mass is 298 g/mol. The van der Waals surface area contributed by atoms with E-state index in [-0.39, 0.29) is 25.0 Å². The van der Waals surface area contributed by atoms with Gasteiger partial charge in [-0.25, -0.2) is 0 Å².